The molecule has 0 amide bonds. The van der Waals surface area contributed by atoms with Crippen LogP contribution in [0.2, 0.25) is 0 Å². The molecule has 2 heterocycles. The van der Waals surface area contributed by atoms with E-state index in [1.165, 1.54) is 11.3 Å². The molecule has 0 unspecified atom stereocenters. The van der Waals surface area contributed by atoms with E-state index >= 15 is 0 Å². The molecule has 4 nitrogen and oxygen atoms in total. The quantitative estimate of drug-likeness (QED) is 0.537. The van der Waals surface area contributed by atoms with Crippen molar-refractivity contribution in [2.24, 2.45) is 0 Å². The van der Waals surface area contributed by atoms with Crippen LogP contribution in [0.25, 0.3) is 27.0 Å². The number of aldehydes is 1. The van der Waals surface area contributed by atoms with Gasteiger partial charge in [0.15, 0.2) is 11.2 Å². The summed E-state index contributed by atoms with van der Waals surface area (Å²) >= 11 is 1.50. The summed E-state index contributed by atoms with van der Waals surface area (Å²) in [7, 11) is 1.63. The molecule has 0 aliphatic rings. The third-order valence-electron chi connectivity index (χ3n) is 3.76. The molecule has 0 aliphatic carbocycles. The Hall–Kier alpha value is -2.66. The number of hydrogen-bond donors (Lipinski definition) is 0. The van der Waals surface area contributed by atoms with Gasteiger partial charge < -0.3 is 4.74 Å². The lowest BCUT2D eigenvalue weighted by atomic mass is 10.00. The summed E-state index contributed by atoms with van der Waals surface area (Å²) in [6, 6.07) is 12.0. The molecule has 2 aromatic carbocycles. The molecule has 0 aliphatic heterocycles. The molecule has 108 valence electrons. The van der Waals surface area contributed by atoms with Crippen molar-refractivity contribution in [3.8, 4) is 17.0 Å². The number of thiazole rings is 1. The average Bonchev–Trinajstić information content (AvgIpc) is 3.14. The highest BCUT2D eigenvalue weighted by molar-refractivity contribution is 7.15. The number of hydrogen-bond acceptors (Lipinski definition) is 4. The number of nitrogens with zero attached hydrogens (tertiary/aromatic N) is 2. The van der Waals surface area contributed by atoms with Crippen LogP contribution in [-0.4, -0.2) is 22.8 Å². The molecule has 0 fully saturated rings. The highest BCUT2D eigenvalue weighted by Gasteiger charge is 2.20. The molecule has 4 rings (SSSR count). The molecule has 2 aromatic heterocycles. The van der Waals surface area contributed by atoms with Crippen molar-refractivity contribution in [2.75, 3.05) is 7.11 Å². The highest BCUT2D eigenvalue weighted by atomic mass is 32.1. The van der Waals surface area contributed by atoms with Crippen LogP contribution in [0, 0.1) is 0 Å². The number of carbonyl (C=O) groups is 1. The van der Waals surface area contributed by atoms with E-state index in [9.17, 15) is 4.79 Å². The van der Waals surface area contributed by atoms with Gasteiger partial charge in [-0.1, -0.05) is 30.3 Å². The van der Waals surface area contributed by atoms with Crippen molar-refractivity contribution in [1.82, 2.24) is 9.38 Å². The first-order chi connectivity index (χ1) is 10.8. The summed E-state index contributed by atoms with van der Waals surface area (Å²) in [5, 5.41) is 4.03. The lowest BCUT2D eigenvalue weighted by Crippen LogP contribution is -1.94. The standard InChI is InChI=1S/C17H12N2O2S/c1-21-14-7-6-11-4-2-3-5-12(11)15(14)16-13(10-20)19-8-9-22-17(19)18-16/h2-10H,1H3. The van der Waals surface area contributed by atoms with Gasteiger partial charge in [-0.05, 0) is 16.8 Å². The van der Waals surface area contributed by atoms with E-state index in [-0.39, 0.29) is 0 Å². The van der Waals surface area contributed by atoms with Crippen LogP contribution in [0.15, 0.2) is 48.0 Å². The second-order valence-corrected chi connectivity index (χ2v) is 5.76. The van der Waals surface area contributed by atoms with Gasteiger partial charge in [0.2, 0.25) is 0 Å². The van der Waals surface area contributed by atoms with E-state index in [0.29, 0.717) is 17.1 Å². The number of methoxy groups -OCH3 is 1. The topological polar surface area (TPSA) is 43.6 Å². The van der Waals surface area contributed by atoms with Crippen molar-refractivity contribution < 1.29 is 9.53 Å². The normalized spacial score (nSPS) is 11.1. The second-order valence-electron chi connectivity index (χ2n) is 4.88. The van der Waals surface area contributed by atoms with Crippen LogP contribution in [0.5, 0.6) is 5.75 Å². The van der Waals surface area contributed by atoms with Gasteiger partial charge in [-0.25, -0.2) is 4.98 Å². The second kappa shape index (κ2) is 4.96. The molecule has 0 spiro atoms. The molecular formula is C17H12N2O2S. The molecular weight excluding hydrogens is 296 g/mol. The van der Waals surface area contributed by atoms with Gasteiger partial charge in [-0.3, -0.25) is 9.20 Å². The van der Waals surface area contributed by atoms with Crippen molar-refractivity contribution in [2.45, 2.75) is 0 Å². The van der Waals surface area contributed by atoms with Crippen LogP contribution in [-0.2, 0) is 0 Å². The van der Waals surface area contributed by atoms with E-state index < -0.39 is 0 Å². The minimum Gasteiger partial charge on any atom is -0.496 e. The largest absolute Gasteiger partial charge is 0.496 e. The third-order valence-corrected chi connectivity index (χ3v) is 4.51. The number of imidazole rings is 1. The lowest BCUT2D eigenvalue weighted by Gasteiger charge is -2.11. The SMILES string of the molecule is COc1ccc2ccccc2c1-c1nc2sccn2c1C=O. The first-order valence-electron chi connectivity index (χ1n) is 6.80. The molecule has 22 heavy (non-hydrogen) atoms. The number of rotatable bonds is 3. The van der Waals surface area contributed by atoms with E-state index in [1.807, 2.05) is 52.4 Å². The van der Waals surface area contributed by atoms with E-state index in [2.05, 4.69) is 4.98 Å². The van der Waals surface area contributed by atoms with E-state index in [1.54, 1.807) is 7.11 Å². The summed E-state index contributed by atoms with van der Waals surface area (Å²) in [4.78, 5) is 17.1. The Kier molecular flexibility index (Phi) is 2.94. The van der Waals surface area contributed by atoms with Crippen molar-refractivity contribution in [3.05, 3.63) is 53.7 Å². The van der Waals surface area contributed by atoms with Crippen LogP contribution in [0.3, 0.4) is 0 Å². The van der Waals surface area contributed by atoms with Crippen LogP contribution >= 0.6 is 11.3 Å². The maximum atomic E-state index is 11.6. The van der Waals surface area contributed by atoms with Crippen molar-refractivity contribution in [1.29, 1.82) is 0 Å². The van der Waals surface area contributed by atoms with Crippen molar-refractivity contribution >= 4 is 33.4 Å². The Bertz CT molecular complexity index is 1000. The number of carbonyl (C=O) groups excluding carboxylic acids is 1. The van der Waals surface area contributed by atoms with Crippen LogP contribution < -0.4 is 4.74 Å². The van der Waals surface area contributed by atoms with Gasteiger partial charge in [-0.15, -0.1) is 11.3 Å². The minimum atomic E-state index is 0.547. The van der Waals surface area contributed by atoms with E-state index in [4.69, 9.17) is 4.74 Å². The summed E-state index contributed by atoms with van der Waals surface area (Å²) in [6.07, 6.45) is 2.71. The van der Waals surface area contributed by atoms with Crippen LogP contribution in [0.1, 0.15) is 10.5 Å². The van der Waals surface area contributed by atoms with Gasteiger partial charge in [0.05, 0.1) is 12.7 Å². The summed E-state index contributed by atoms with van der Waals surface area (Å²) in [5.74, 6) is 0.715. The zero-order chi connectivity index (χ0) is 15.1. The number of benzene rings is 2. The Morgan fingerprint density at radius 1 is 1.23 bits per heavy atom. The lowest BCUT2D eigenvalue weighted by molar-refractivity contribution is 0.111. The molecule has 0 saturated heterocycles. The Morgan fingerprint density at radius 3 is 2.91 bits per heavy atom. The summed E-state index contributed by atoms with van der Waals surface area (Å²) in [6.45, 7) is 0. The third kappa shape index (κ3) is 1.76. The fourth-order valence-corrected chi connectivity index (χ4v) is 3.49. The minimum absolute atomic E-state index is 0.547. The Balaban J connectivity index is 2.15. The van der Waals surface area contributed by atoms with Gasteiger partial charge in [-0.2, -0.15) is 0 Å². The first-order valence-corrected chi connectivity index (χ1v) is 7.68. The Labute approximate surface area is 130 Å². The monoisotopic (exact) mass is 308 g/mol. The molecule has 0 saturated carbocycles. The fourth-order valence-electron chi connectivity index (χ4n) is 2.77. The van der Waals surface area contributed by atoms with Gasteiger partial charge in [0, 0.05) is 11.6 Å². The van der Waals surface area contributed by atoms with Gasteiger partial charge in [0.25, 0.3) is 0 Å². The fraction of sp³-hybridized carbons (Fsp3) is 0.0588. The number of aromatic nitrogens is 2. The molecule has 4 aromatic rings. The molecule has 0 radical (unpaired) electrons. The molecule has 0 N–H and O–H groups in total. The Morgan fingerprint density at radius 2 is 2.09 bits per heavy atom. The summed E-state index contributed by atoms with van der Waals surface area (Å²) < 4.78 is 7.33. The highest BCUT2D eigenvalue weighted by Crippen LogP contribution is 2.38. The maximum absolute atomic E-state index is 11.6. The molecule has 0 atom stereocenters. The average molecular weight is 308 g/mol. The van der Waals surface area contributed by atoms with E-state index in [0.717, 1.165) is 27.6 Å². The van der Waals surface area contributed by atoms with Crippen LogP contribution in [0.4, 0.5) is 0 Å². The zero-order valence-electron chi connectivity index (χ0n) is 11.8. The van der Waals surface area contributed by atoms with Gasteiger partial charge >= 0.3 is 0 Å². The summed E-state index contributed by atoms with van der Waals surface area (Å²) in [5.41, 5.74) is 2.07. The number of ether oxygens (including phenoxy) is 1. The van der Waals surface area contributed by atoms with Gasteiger partial charge in [0.1, 0.15) is 17.1 Å². The predicted molar refractivity (Wildman–Crippen MR) is 88.0 cm³/mol. The zero-order valence-corrected chi connectivity index (χ0v) is 12.6. The smallest absolute Gasteiger partial charge is 0.194 e. The maximum Gasteiger partial charge on any atom is 0.194 e. The molecule has 5 heteroatoms. The first kappa shape index (κ1) is 13.0. The number of fused-ring (bicyclic) bond motifs is 2. The van der Waals surface area contributed by atoms with Crippen molar-refractivity contribution in [3.63, 3.8) is 0 Å². The predicted octanol–water partition coefficient (Wildman–Crippen LogP) is 4.04. The molecule has 0 bridgehead atoms.